The highest BCUT2D eigenvalue weighted by Gasteiger charge is 2.12. The number of carbonyl (C=O) groups excluding carboxylic acids is 1. The van der Waals surface area contributed by atoms with Gasteiger partial charge in [-0.25, -0.2) is 13.4 Å². The van der Waals surface area contributed by atoms with Crippen molar-refractivity contribution in [2.75, 3.05) is 6.26 Å². The zero-order valence-corrected chi connectivity index (χ0v) is 12.7. The molecule has 3 rings (SSSR count). The molecule has 1 aromatic heterocycles. The molecule has 22 heavy (non-hydrogen) atoms. The minimum atomic E-state index is -3.08. The van der Waals surface area contributed by atoms with Gasteiger partial charge in [0.15, 0.2) is 9.84 Å². The molecule has 0 radical (unpaired) electrons. The van der Waals surface area contributed by atoms with Gasteiger partial charge in [-0.3, -0.25) is 9.36 Å². The van der Waals surface area contributed by atoms with Crippen LogP contribution in [0.4, 0.5) is 0 Å². The van der Waals surface area contributed by atoms with Crippen LogP contribution in [0.15, 0.2) is 54.9 Å². The Bertz CT molecular complexity index is 941. The Hall–Kier alpha value is -2.47. The third kappa shape index (κ3) is 2.92. The lowest BCUT2D eigenvalue weighted by molar-refractivity contribution is 0.0964. The SMILES string of the molecule is CS(=O)(=O)Cc1ccc(C(=O)n2cnc3ccccc32)cc1. The Kier molecular flexibility index (Phi) is 3.54. The number of nitrogens with zero attached hydrogens (tertiary/aromatic N) is 2. The van der Waals surface area contributed by atoms with Crippen LogP contribution in [0.3, 0.4) is 0 Å². The molecule has 1 heterocycles. The van der Waals surface area contributed by atoms with E-state index in [-0.39, 0.29) is 11.7 Å². The number of imidazole rings is 1. The highest BCUT2D eigenvalue weighted by atomic mass is 32.2. The number of benzene rings is 2. The number of para-hydroxylation sites is 2. The maximum Gasteiger partial charge on any atom is 0.263 e. The van der Waals surface area contributed by atoms with Gasteiger partial charge in [0.2, 0.25) is 0 Å². The van der Waals surface area contributed by atoms with E-state index in [1.54, 1.807) is 24.3 Å². The van der Waals surface area contributed by atoms with Crippen LogP contribution in [0.2, 0.25) is 0 Å². The second-order valence-electron chi connectivity index (χ2n) is 5.18. The summed E-state index contributed by atoms with van der Waals surface area (Å²) >= 11 is 0. The molecule has 6 heteroatoms. The number of carbonyl (C=O) groups is 1. The first kappa shape index (κ1) is 14.5. The number of rotatable bonds is 3. The zero-order chi connectivity index (χ0) is 15.7. The average molecular weight is 314 g/mol. The summed E-state index contributed by atoms with van der Waals surface area (Å²) in [5.41, 5.74) is 2.65. The molecule has 3 aromatic rings. The third-order valence-electron chi connectivity index (χ3n) is 3.30. The minimum Gasteiger partial charge on any atom is -0.268 e. The van der Waals surface area contributed by atoms with Gasteiger partial charge in [-0.2, -0.15) is 0 Å². The molecule has 0 N–H and O–H groups in total. The van der Waals surface area contributed by atoms with Crippen LogP contribution in [0, 0.1) is 0 Å². The highest BCUT2D eigenvalue weighted by Crippen LogP contribution is 2.15. The Morgan fingerprint density at radius 2 is 1.77 bits per heavy atom. The number of sulfone groups is 1. The van der Waals surface area contributed by atoms with E-state index in [1.165, 1.54) is 17.2 Å². The summed E-state index contributed by atoms with van der Waals surface area (Å²) in [4.78, 5) is 16.7. The van der Waals surface area contributed by atoms with Crippen molar-refractivity contribution in [2.24, 2.45) is 0 Å². The molecule has 112 valence electrons. The minimum absolute atomic E-state index is 0.0323. The number of fused-ring (bicyclic) bond motifs is 1. The standard InChI is InChI=1S/C16H14N2O3S/c1-22(20,21)10-12-6-8-13(9-7-12)16(19)18-11-17-14-4-2-3-5-15(14)18/h2-9,11H,10H2,1H3. The largest absolute Gasteiger partial charge is 0.268 e. The van der Waals surface area contributed by atoms with E-state index in [9.17, 15) is 13.2 Å². The smallest absolute Gasteiger partial charge is 0.263 e. The summed E-state index contributed by atoms with van der Waals surface area (Å²) in [5.74, 6) is -0.227. The van der Waals surface area contributed by atoms with Gasteiger partial charge in [-0.05, 0) is 29.8 Å². The quantitative estimate of drug-likeness (QED) is 0.743. The van der Waals surface area contributed by atoms with E-state index in [4.69, 9.17) is 0 Å². The van der Waals surface area contributed by atoms with E-state index >= 15 is 0 Å². The fraction of sp³-hybridized carbons (Fsp3) is 0.125. The van der Waals surface area contributed by atoms with Gasteiger partial charge >= 0.3 is 0 Å². The van der Waals surface area contributed by atoms with Crippen molar-refractivity contribution in [1.82, 2.24) is 9.55 Å². The van der Waals surface area contributed by atoms with Crippen molar-refractivity contribution < 1.29 is 13.2 Å². The van der Waals surface area contributed by atoms with E-state index < -0.39 is 9.84 Å². The number of hydrogen-bond acceptors (Lipinski definition) is 4. The van der Waals surface area contributed by atoms with E-state index in [2.05, 4.69) is 4.98 Å². The van der Waals surface area contributed by atoms with Crippen LogP contribution < -0.4 is 0 Å². The predicted octanol–water partition coefficient (Wildman–Crippen LogP) is 2.27. The monoisotopic (exact) mass is 314 g/mol. The Labute approximate surface area is 128 Å². The van der Waals surface area contributed by atoms with Crippen molar-refractivity contribution in [3.05, 3.63) is 66.0 Å². The summed E-state index contributed by atoms with van der Waals surface area (Å²) in [6.45, 7) is 0. The lowest BCUT2D eigenvalue weighted by Crippen LogP contribution is -2.11. The topological polar surface area (TPSA) is 69.0 Å². The maximum atomic E-state index is 12.5. The van der Waals surface area contributed by atoms with E-state index in [0.29, 0.717) is 11.1 Å². The molecular formula is C16H14N2O3S. The normalized spacial score (nSPS) is 11.7. The Morgan fingerprint density at radius 3 is 2.45 bits per heavy atom. The first-order chi connectivity index (χ1) is 10.4. The highest BCUT2D eigenvalue weighted by molar-refractivity contribution is 7.89. The van der Waals surface area contributed by atoms with Crippen molar-refractivity contribution in [3.8, 4) is 0 Å². The van der Waals surface area contributed by atoms with Crippen LogP contribution in [-0.2, 0) is 15.6 Å². The summed E-state index contributed by atoms with van der Waals surface area (Å²) < 4.78 is 24.0. The number of hydrogen-bond donors (Lipinski definition) is 0. The molecule has 0 saturated heterocycles. The summed E-state index contributed by atoms with van der Waals surface area (Å²) in [6.07, 6.45) is 2.68. The molecule has 2 aromatic carbocycles. The molecule has 0 fully saturated rings. The van der Waals surface area contributed by atoms with Crippen LogP contribution in [0.5, 0.6) is 0 Å². The third-order valence-corrected chi connectivity index (χ3v) is 4.16. The van der Waals surface area contributed by atoms with E-state index in [0.717, 1.165) is 11.0 Å². The Morgan fingerprint density at radius 1 is 1.09 bits per heavy atom. The van der Waals surface area contributed by atoms with Crippen LogP contribution in [-0.4, -0.2) is 30.1 Å². The fourth-order valence-corrected chi connectivity index (χ4v) is 3.10. The molecule has 5 nitrogen and oxygen atoms in total. The van der Waals surface area contributed by atoms with Crippen LogP contribution in [0.25, 0.3) is 11.0 Å². The molecule has 0 amide bonds. The first-order valence-electron chi connectivity index (χ1n) is 6.67. The second-order valence-corrected chi connectivity index (χ2v) is 7.32. The molecule has 0 saturated carbocycles. The lowest BCUT2D eigenvalue weighted by Gasteiger charge is -2.05. The zero-order valence-electron chi connectivity index (χ0n) is 11.9. The van der Waals surface area contributed by atoms with Gasteiger partial charge in [0.1, 0.15) is 6.33 Å². The summed E-state index contributed by atoms with van der Waals surface area (Å²) in [6, 6.07) is 14.0. The Balaban J connectivity index is 1.92. The molecule has 0 bridgehead atoms. The van der Waals surface area contributed by atoms with E-state index in [1.807, 2.05) is 24.3 Å². The van der Waals surface area contributed by atoms with Crippen molar-refractivity contribution >= 4 is 26.8 Å². The van der Waals surface area contributed by atoms with Crippen molar-refractivity contribution in [1.29, 1.82) is 0 Å². The molecule has 0 spiro atoms. The first-order valence-corrected chi connectivity index (χ1v) is 8.73. The molecule has 0 unspecified atom stereocenters. The van der Waals surface area contributed by atoms with Gasteiger partial charge in [0.25, 0.3) is 5.91 Å². The molecular weight excluding hydrogens is 300 g/mol. The van der Waals surface area contributed by atoms with Gasteiger partial charge in [-0.1, -0.05) is 24.3 Å². The van der Waals surface area contributed by atoms with Crippen LogP contribution in [0.1, 0.15) is 15.9 Å². The molecule has 0 aliphatic heterocycles. The van der Waals surface area contributed by atoms with Gasteiger partial charge in [-0.15, -0.1) is 0 Å². The lowest BCUT2D eigenvalue weighted by atomic mass is 10.1. The predicted molar refractivity (Wildman–Crippen MR) is 84.5 cm³/mol. The van der Waals surface area contributed by atoms with Gasteiger partial charge < -0.3 is 0 Å². The molecule has 0 aliphatic rings. The fourth-order valence-electron chi connectivity index (χ4n) is 2.31. The molecule has 0 aliphatic carbocycles. The molecule has 0 atom stereocenters. The second kappa shape index (κ2) is 5.38. The average Bonchev–Trinajstić information content (AvgIpc) is 2.89. The van der Waals surface area contributed by atoms with Crippen LogP contribution >= 0.6 is 0 Å². The maximum absolute atomic E-state index is 12.5. The van der Waals surface area contributed by atoms with Gasteiger partial charge in [0, 0.05) is 11.8 Å². The van der Waals surface area contributed by atoms with Crippen molar-refractivity contribution in [3.63, 3.8) is 0 Å². The number of aromatic nitrogens is 2. The summed E-state index contributed by atoms with van der Waals surface area (Å²) in [7, 11) is -3.08. The van der Waals surface area contributed by atoms with Crippen molar-refractivity contribution in [2.45, 2.75) is 5.75 Å². The van der Waals surface area contributed by atoms with Gasteiger partial charge in [0.05, 0.1) is 16.8 Å². The summed E-state index contributed by atoms with van der Waals surface area (Å²) in [5, 5.41) is 0.